The molecule has 28 heavy (non-hydrogen) atoms. The van der Waals surface area contributed by atoms with Crippen LogP contribution in [0.3, 0.4) is 0 Å². The molecule has 0 aliphatic carbocycles. The number of nitrogens with one attached hydrogen (secondary N) is 1. The Morgan fingerprint density at radius 3 is 2.64 bits per heavy atom. The maximum absolute atomic E-state index is 12.8. The van der Waals surface area contributed by atoms with Crippen molar-refractivity contribution < 1.29 is 14.3 Å². The van der Waals surface area contributed by atoms with Gasteiger partial charge in [0, 0.05) is 36.6 Å². The number of rotatable bonds is 5. The zero-order chi connectivity index (χ0) is 19.4. The summed E-state index contributed by atoms with van der Waals surface area (Å²) in [5, 5.41) is 3.96. The molecule has 2 aromatic rings. The van der Waals surface area contributed by atoms with Crippen molar-refractivity contribution in [1.29, 1.82) is 0 Å². The first kappa shape index (κ1) is 19.3. The van der Waals surface area contributed by atoms with Crippen LogP contribution >= 0.6 is 11.6 Å². The van der Waals surface area contributed by atoms with Gasteiger partial charge in [-0.15, -0.1) is 0 Å². The molecule has 5 heteroatoms. The van der Waals surface area contributed by atoms with Crippen LogP contribution in [-0.4, -0.2) is 32.3 Å². The molecule has 148 valence electrons. The molecule has 1 fully saturated rings. The first-order chi connectivity index (χ1) is 13.7. The highest BCUT2D eigenvalue weighted by atomic mass is 35.5. The fourth-order valence-electron chi connectivity index (χ4n) is 4.39. The Bertz CT molecular complexity index is 832. The highest BCUT2D eigenvalue weighted by Crippen LogP contribution is 2.39. The topological polar surface area (TPSA) is 47.6 Å². The van der Waals surface area contributed by atoms with Crippen molar-refractivity contribution in [3.63, 3.8) is 0 Å². The number of hydrogen-bond donors (Lipinski definition) is 1. The highest BCUT2D eigenvalue weighted by molar-refractivity contribution is 6.31. The van der Waals surface area contributed by atoms with Crippen molar-refractivity contribution in [1.82, 2.24) is 5.32 Å². The van der Waals surface area contributed by atoms with Crippen molar-refractivity contribution in [2.24, 2.45) is 0 Å². The molecule has 2 aromatic carbocycles. The van der Waals surface area contributed by atoms with E-state index < -0.39 is 0 Å². The SMILES string of the molecule is O=C(CC1CCOc2ccccc21)NCC1(c2ccccc2Cl)CCOCC1. The van der Waals surface area contributed by atoms with E-state index in [1.165, 1.54) is 0 Å². The third kappa shape index (κ3) is 4.03. The predicted octanol–water partition coefficient (Wildman–Crippen LogP) is 4.46. The van der Waals surface area contributed by atoms with Crippen LogP contribution in [-0.2, 0) is 14.9 Å². The van der Waals surface area contributed by atoms with Gasteiger partial charge in [-0.05, 0) is 48.4 Å². The molecule has 1 amide bonds. The third-order valence-electron chi connectivity index (χ3n) is 6.03. The van der Waals surface area contributed by atoms with Gasteiger partial charge in [0.05, 0.1) is 6.61 Å². The average Bonchev–Trinajstić information content (AvgIpc) is 2.74. The fourth-order valence-corrected chi connectivity index (χ4v) is 4.72. The fraction of sp³-hybridized carbons (Fsp3) is 0.435. The van der Waals surface area contributed by atoms with Crippen molar-refractivity contribution >= 4 is 17.5 Å². The Labute approximate surface area is 171 Å². The van der Waals surface area contributed by atoms with Gasteiger partial charge >= 0.3 is 0 Å². The molecule has 1 saturated heterocycles. The number of carbonyl (C=O) groups excluding carboxylic acids is 1. The lowest BCUT2D eigenvalue weighted by Crippen LogP contribution is -2.45. The molecule has 2 heterocycles. The lowest BCUT2D eigenvalue weighted by atomic mass is 9.74. The largest absolute Gasteiger partial charge is 0.493 e. The van der Waals surface area contributed by atoms with E-state index in [1.807, 2.05) is 36.4 Å². The van der Waals surface area contributed by atoms with Gasteiger partial charge in [-0.1, -0.05) is 48.0 Å². The number of amides is 1. The lowest BCUT2D eigenvalue weighted by Gasteiger charge is -2.38. The smallest absolute Gasteiger partial charge is 0.220 e. The second-order valence-electron chi connectivity index (χ2n) is 7.73. The van der Waals surface area contributed by atoms with Gasteiger partial charge in [0.15, 0.2) is 0 Å². The Morgan fingerprint density at radius 2 is 1.82 bits per heavy atom. The molecule has 2 aliphatic rings. The van der Waals surface area contributed by atoms with Gasteiger partial charge in [-0.2, -0.15) is 0 Å². The molecule has 2 aliphatic heterocycles. The maximum atomic E-state index is 12.8. The van der Waals surface area contributed by atoms with E-state index in [4.69, 9.17) is 21.1 Å². The molecule has 0 aromatic heterocycles. The quantitative estimate of drug-likeness (QED) is 0.807. The first-order valence-electron chi connectivity index (χ1n) is 9.99. The monoisotopic (exact) mass is 399 g/mol. The number of halogens is 1. The van der Waals surface area contributed by atoms with Crippen LogP contribution in [0.15, 0.2) is 48.5 Å². The van der Waals surface area contributed by atoms with Crippen LogP contribution in [0.4, 0.5) is 0 Å². The van der Waals surface area contributed by atoms with Gasteiger partial charge in [0.1, 0.15) is 5.75 Å². The summed E-state index contributed by atoms with van der Waals surface area (Å²) in [4.78, 5) is 12.8. The Kier molecular flexibility index (Phi) is 5.88. The van der Waals surface area contributed by atoms with E-state index in [0.29, 0.717) is 32.8 Å². The molecule has 0 spiro atoms. The predicted molar refractivity (Wildman–Crippen MR) is 110 cm³/mol. The third-order valence-corrected chi connectivity index (χ3v) is 6.36. The van der Waals surface area contributed by atoms with E-state index in [0.717, 1.165) is 41.2 Å². The Balaban J connectivity index is 1.45. The molecule has 0 bridgehead atoms. The standard InChI is InChI=1S/C23H26ClNO3/c24-20-7-3-2-6-19(20)23(10-13-27-14-11-23)16-25-22(26)15-17-9-12-28-21-8-4-1-5-18(17)21/h1-8,17H,9-16H2,(H,25,26). The van der Waals surface area contributed by atoms with Crippen LogP contribution in [0.2, 0.25) is 5.02 Å². The number of ether oxygens (including phenoxy) is 2. The van der Waals surface area contributed by atoms with Crippen molar-refractivity contribution in [2.45, 2.75) is 37.0 Å². The minimum atomic E-state index is -0.167. The maximum Gasteiger partial charge on any atom is 0.220 e. The number of carbonyl (C=O) groups is 1. The minimum absolute atomic E-state index is 0.0830. The lowest BCUT2D eigenvalue weighted by molar-refractivity contribution is -0.122. The molecular weight excluding hydrogens is 374 g/mol. The molecule has 0 radical (unpaired) electrons. The van der Waals surface area contributed by atoms with E-state index in [-0.39, 0.29) is 17.2 Å². The van der Waals surface area contributed by atoms with Crippen molar-refractivity contribution in [3.8, 4) is 5.75 Å². The van der Waals surface area contributed by atoms with Gasteiger partial charge < -0.3 is 14.8 Å². The van der Waals surface area contributed by atoms with Gasteiger partial charge in [0.2, 0.25) is 5.91 Å². The number of fused-ring (bicyclic) bond motifs is 1. The Morgan fingerprint density at radius 1 is 1.07 bits per heavy atom. The van der Waals surface area contributed by atoms with Gasteiger partial charge in [0.25, 0.3) is 0 Å². The van der Waals surface area contributed by atoms with Crippen molar-refractivity contribution in [2.75, 3.05) is 26.4 Å². The van der Waals surface area contributed by atoms with E-state index in [9.17, 15) is 4.79 Å². The summed E-state index contributed by atoms with van der Waals surface area (Å²) in [6.45, 7) is 2.63. The summed E-state index contributed by atoms with van der Waals surface area (Å²) in [6, 6.07) is 16.0. The average molecular weight is 400 g/mol. The summed E-state index contributed by atoms with van der Waals surface area (Å²) >= 11 is 6.51. The molecule has 0 saturated carbocycles. The molecule has 1 atom stereocenters. The first-order valence-corrected chi connectivity index (χ1v) is 10.4. The number of hydrogen-bond acceptors (Lipinski definition) is 3. The zero-order valence-electron chi connectivity index (χ0n) is 16.0. The second kappa shape index (κ2) is 8.54. The van der Waals surface area contributed by atoms with Gasteiger partial charge in [-0.25, -0.2) is 0 Å². The second-order valence-corrected chi connectivity index (χ2v) is 8.13. The summed E-state index contributed by atoms with van der Waals surface area (Å²) in [6.07, 6.45) is 3.07. The van der Waals surface area contributed by atoms with Crippen LogP contribution < -0.4 is 10.1 Å². The zero-order valence-corrected chi connectivity index (χ0v) is 16.7. The van der Waals surface area contributed by atoms with E-state index in [1.54, 1.807) is 0 Å². The molecular formula is C23H26ClNO3. The molecule has 1 N–H and O–H groups in total. The summed E-state index contributed by atoms with van der Waals surface area (Å²) < 4.78 is 11.3. The van der Waals surface area contributed by atoms with Crippen LogP contribution in [0, 0.1) is 0 Å². The highest BCUT2D eigenvalue weighted by Gasteiger charge is 2.36. The van der Waals surface area contributed by atoms with Crippen LogP contribution in [0.1, 0.15) is 42.7 Å². The summed E-state index contributed by atoms with van der Waals surface area (Å²) in [5.74, 6) is 1.19. The Hall–Kier alpha value is -2.04. The van der Waals surface area contributed by atoms with Crippen molar-refractivity contribution in [3.05, 3.63) is 64.7 Å². The molecule has 4 rings (SSSR count). The number of para-hydroxylation sites is 1. The number of benzene rings is 2. The molecule has 4 nitrogen and oxygen atoms in total. The van der Waals surface area contributed by atoms with Crippen LogP contribution in [0.25, 0.3) is 0 Å². The summed E-state index contributed by atoms with van der Waals surface area (Å²) in [5.41, 5.74) is 2.08. The van der Waals surface area contributed by atoms with Gasteiger partial charge in [-0.3, -0.25) is 4.79 Å². The minimum Gasteiger partial charge on any atom is -0.493 e. The normalized spacial score (nSPS) is 20.7. The van der Waals surface area contributed by atoms with E-state index in [2.05, 4.69) is 17.4 Å². The summed E-state index contributed by atoms with van der Waals surface area (Å²) in [7, 11) is 0. The van der Waals surface area contributed by atoms with Crippen LogP contribution in [0.5, 0.6) is 5.75 Å². The van der Waals surface area contributed by atoms with E-state index >= 15 is 0 Å². The molecule has 1 unspecified atom stereocenters.